The molecule has 1 atom stereocenters. The first-order valence-electron chi connectivity index (χ1n) is 7.18. The second-order valence-electron chi connectivity index (χ2n) is 4.90. The van der Waals surface area contributed by atoms with Crippen LogP contribution in [0, 0.1) is 0 Å². The third kappa shape index (κ3) is 3.10. The van der Waals surface area contributed by atoms with E-state index in [9.17, 15) is 0 Å². The summed E-state index contributed by atoms with van der Waals surface area (Å²) in [6, 6.07) is 7.98. The molecule has 5 nitrogen and oxygen atoms in total. The van der Waals surface area contributed by atoms with Gasteiger partial charge in [-0.15, -0.1) is 10.2 Å². The zero-order valence-electron chi connectivity index (χ0n) is 12.2. The Hall–Kier alpha value is -1.82. The lowest BCUT2D eigenvalue weighted by Gasteiger charge is -2.13. The third-order valence-corrected chi connectivity index (χ3v) is 4.12. The molecule has 0 saturated carbocycles. The molecule has 0 saturated heterocycles. The van der Waals surface area contributed by atoms with E-state index in [0.717, 1.165) is 29.8 Å². The fourth-order valence-corrected chi connectivity index (χ4v) is 3.01. The zero-order valence-corrected chi connectivity index (χ0v) is 13.0. The summed E-state index contributed by atoms with van der Waals surface area (Å²) in [6.07, 6.45) is 2.15. The van der Waals surface area contributed by atoms with Crippen LogP contribution in [0.3, 0.4) is 0 Å². The summed E-state index contributed by atoms with van der Waals surface area (Å²) in [5, 5.41) is 12.5. The fraction of sp³-hybridized carbons (Fsp3) is 0.400. The van der Waals surface area contributed by atoms with Gasteiger partial charge in [-0.05, 0) is 19.4 Å². The minimum Gasteiger partial charge on any atom is -0.452 e. The largest absolute Gasteiger partial charge is 0.452 e. The van der Waals surface area contributed by atoms with Crippen LogP contribution in [0.2, 0.25) is 0 Å². The summed E-state index contributed by atoms with van der Waals surface area (Å²) in [4.78, 5) is 4.52. The number of rotatable bonds is 4. The fourth-order valence-electron chi connectivity index (χ4n) is 2.15. The van der Waals surface area contributed by atoms with Crippen LogP contribution in [0.1, 0.15) is 26.7 Å². The van der Waals surface area contributed by atoms with Gasteiger partial charge in [0, 0.05) is 17.0 Å². The molecule has 1 N–H and O–H groups in total. The summed E-state index contributed by atoms with van der Waals surface area (Å²) < 4.78 is 5.85. The Balaban J connectivity index is 1.95. The number of thioether (sulfide) groups is 1. The summed E-state index contributed by atoms with van der Waals surface area (Å²) in [5.41, 5.74) is 2.66. The van der Waals surface area contributed by atoms with Crippen molar-refractivity contribution in [1.82, 2.24) is 15.2 Å². The number of nitrogens with one attached hydrogen (secondary N) is 1. The first-order valence-corrected chi connectivity index (χ1v) is 8.16. The van der Waals surface area contributed by atoms with E-state index in [1.807, 2.05) is 31.2 Å². The van der Waals surface area contributed by atoms with Gasteiger partial charge in [0.25, 0.3) is 0 Å². The minimum absolute atomic E-state index is 0.155. The second kappa shape index (κ2) is 6.30. The maximum atomic E-state index is 5.85. The van der Waals surface area contributed by atoms with Crippen molar-refractivity contribution in [3.8, 4) is 17.1 Å². The van der Waals surface area contributed by atoms with E-state index in [1.54, 1.807) is 11.8 Å². The van der Waals surface area contributed by atoms with Crippen molar-refractivity contribution in [1.29, 1.82) is 0 Å². The average Bonchev–Trinajstić information content (AvgIpc) is 2.62. The number of aromatic nitrogens is 3. The van der Waals surface area contributed by atoms with Crippen molar-refractivity contribution in [2.24, 2.45) is 0 Å². The zero-order chi connectivity index (χ0) is 14.7. The molecular weight excluding hydrogens is 284 g/mol. The first-order chi connectivity index (χ1) is 10.3. The number of hydrogen-bond donors (Lipinski definition) is 1. The van der Waals surface area contributed by atoms with Crippen molar-refractivity contribution in [3.63, 3.8) is 0 Å². The van der Waals surface area contributed by atoms with Crippen LogP contribution in [0.25, 0.3) is 11.3 Å². The summed E-state index contributed by atoms with van der Waals surface area (Å²) in [5.74, 6) is 1.55. The van der Waals surface area contributed by atoms with Crippen molar-refractivity contribution in [2.45, 2.75) is 38.1 Å². The van der Waals surface area contributed by atoms with Crippen molar-refractivity contribution in [3.05, 3.63) is 24.3 Å². The van der Waals surface area contributed by atoms with E-state index in [-0.39, 0.29) is 6.23 Å². The molecule has 0 unspecified atom stereocenters. The summed E-state index contributed by atoms with van der Waals surface area (Å²) in [7, 11) is 0. The summed E-state index contributed by atoms with van der Waals surface area (Å²) in [6.45, 7) is 4.13. The monoisotopic (exact) mass is 302 g/mol. The van der Waals surface area contributed by atoms with E-state index in [2.05, 4.69) is 27.4 Å². The standard InChI is InChI=1S/C15H18N4OS/c1-3-4-9-21-15-17-14-13(18-19-15)11-7-5-6-8-12(11)16-10(2)20-14/h5-8,10,16H,3-4,9H2,1-2H3/t10-/m1/s1. The van der Waals surface area contributed by atoms with E-state index in [4.69, 9.17) is 4.74 Å². The van der Waals surface area contributed by atoms with Gasteiger partial charge in [0.1, 0.15) is 0 Å². The van der Waals surface area contributed by atoms with Crippen LogP contribution in [0.15, 0.2) is 29.4 Å². The van der Waals surface area contributed by atoms with Crippen LogP contribution in [-0.4, -0.2) is 27.2 Å². The molecule has 0 aliphatic carbocycles. The van der Waals surface area contributed by atoms with Gasteiger partial charge < -0.3 is 10.1 Å². The number of hydrogen-bond acceptors (Lipinski definition) is 6. The average molecular weight is 302 g/mol. The van der Waals surface area contributed by atoms with Crippen molar-refractivity contribution < 1.29 is 4.74 Å². The lowest BCUT2D eigenvalue weighted by atomic mass is 10.1. The second-order valence-corrected chi connectivity index (χ2v) is 5.96. The van der Waals surface area contributed by atoms with Gasteiger partial charge in [0.15, 0.2) is 11.9 Å². The molecule has 0 amide bonds. The SMILES string of the molecule is CCCCSc1nnc2c(n1)O[C@H](C)Nc1ccccc1-2. The molecule has 21 heavy (non-hydrogen) atoms. The Kier molecular flexibility index (Phi) is 4.24. The molecule has 3 rings (SSSR count). The van der Waals surface area contributed by atoms with E-state index >= 15 is 0 Å². The van der Waals surface area contributed by atoms with Gasteiger partial charge in [0.2, 0.25) is 11.0 Å². The number of para-hydroxylation sites is 1. The molecule has 0 bridgehead atoms. The maximum absolute atomic E-state index is 5.85. The normalized spacial score (nSPS) is 16.2. The molecule has 0 radical (unpaired) electrons. The number of anilines is 1. The molecule has 0 spiro atoms. The Morgan fingerprint density at radius 3 is 3.00 bits per heavy atom. The molecule has 0 fully saturated rings. The van der Waals surface area contributed by atoms with Crippen LogP contribution in [-0.2, 0) is 0 Å². The summed E-state index contributed by atoms with van der Waals surface area (Å²) >= 11 is 1.62. The molecule has 2 heterocycles. The Labute approximate surface area is 128 Å². The van der Waals surface area contributed by atoms with Gasteiger partial charge in [-0.2, -0.15) is 4.98 Å². The van der Waals surface area contributed by atoms with Gasteiger partial charge >= 0.3 is 0 Å². The highest BCUT2D eigenvalue weighted by Crippen LogP contribution is 2.35. The molecule has 110 valence electrons. The molecule has 1 aromatic heterocycles. The lowest BCUT2D eigenvalue weighted by Crippen LogP contribution is -2.21. The smallest absolute Gasteiger partial charge is 0.247 e. The quantitative estimate of drug-likeness (QED) is 0.688. The van der Waals surface area contributed by atoms with Crippen LogP contribution in [0.5, 0.6) is 5.88 Å². The maximum Gasteiger partial charge on any atom is 0.247 e. The molecule has 1 aliphatic heterocycles. The predicted octanol–water partition coefficient (Wildman–Crippen LogP) is 3.58. The van der Waals surface area contributed by atoms with E-state index in [1.165, 1.54) is 0 Å². The Morgan fingerprint density at radius 1 is 1.29 bits per heavy atom. The highest BCUT2D eigenvalue weighted by atomic mass is 32.2. The van der Waals surface area contributed by atoms with Crippen LogP contribution >= 0.6 is 11.8 Å². The van der Waals surface area contributed by atoms with Gasteiger partial charge in [0.05, 0.1) is 0 Å². The van der Waals surface area contributed by atoms with Crippen molar-refractivity contribution in [2.75, 3.05) is 11.1 Å². The number of nitrogens with zero attached hydrogens (tertiary/aromatic N) is 3. The molecular formula is C15H18N4OS. The van der Waals surface area contributed by atoms with Crippen LogP contribution < -0.4 is 10.1 Å². The number of ether oxygens (including phenoxy) is 1. The van der Waals surface area contributed by atoms with Crippen LogP contribution in [0.4, 0.5) is 5.69 Å². The Morgan fingerprint density at radius 2 is 2.14 bits per heavy atom. The first kappa shape index (κ1) is 14.1. The molecule has 1 aromatic carbocycles. The van der Waals surface area contributed by atoms with E-state index < -0.39 is 0 Å². The number of benzene rings is 1. The number of fused-ring (bicyclic) bond motifs is 3. The highest BCUT2D eigenvalue weighted by molar-refractivity contribution is 7.99. The van der Waals surface area contributed by atoms with Gasteiger partial charge in [-0.25, -0.2) is 0 Å². The van der Waals surface area contributed by atoms with E-state index in [0.29, 0.717) is 16.7 Å². The van der Waals surface area contributed by atoms with Gasteiger partial charge in [-0.3, -0.25) is 0 Å². The molecule has 2 aromatic rings. The van der Waals surface area contributed by atoms with Crippen molar-refractivity contribution >= 4 is 17.4 Å². The number of unbranched alkanes of at least 4 members (excludes halogenated alkanes) is 1. The molecule has 6 heteroatoms. The highest BCUT2D eigenvalue weighted by Gasteiger charge is 2.22. The van der Waals surface area contributed by atoms with Gasteiger partial charge in [-0.1, -0.05) is 43.3 Å². The molecule has 1 aliphatic rings. The topological polar surface area (TPSA) is 59.9 Å². The predicted molar refractivity (Wildman–Crippen MR) is 84.6 cm³/mol. The third-order valence-electron chi connectivity index (χ3n) is 3.19. The minimum atomic E-state index is -0.155. The lowest BCUT2D eigenvalue weighted by molar-refractivity contribution is 0.240. The Bertz CT molecular complexity index is 635.